The van der Waals surface area contributed by atoms with Gasteiger partial charge in [-0.3, -0.25) is 9.69 Å². The number of hydrogen-bond acceptors (Lipinski definition) is 3. The Labute approximate surface area is 114 Å². The summed E-state index contributed by atoms with van der Waals surface area (Å²) in [5, 5.41) is 0. The smallest absolute Gasteiger partial charge is 0.232 e. The molecule has 4 nitrogen and oxygen atoms in total. The van der Waals surface area contributed by atoms with Gasteiger partial charge in [0.05, 0.1) is 10.9 Å². The van der Waals surface area contributed by atoms with Crippen LogP contribution in [0.5, 0.6) is 0 Å². The highest BCUT2D eigenvalue weighted by Crippen LogP contribution is 2.22. The maximum absolute atomic E-state index is 12.5. The summed E-state index contributed by atoms with van der Waals surface area (Å²) in [6, 6.07) is 0.556. The van der Waals surface area contributed by atoms with Crippen molar-refractivity contribution < 1.29 is 4.79 Å². The summed E-state index contributed by atoms with van der Waals surface area (Å²) >= 11 is 5.01. The Balaban J connectivity index is 2.03. The van der Waals surface area contributed by atoms with Gasteiger partial charge in [0.25, 0.3) is 0 Å². The zero-order chi connectivity index (χ0) is 13.1. The number of carbonyl (C=O) groups is 1. The monoisotopic (exact) mass is 269 g/mol. The largest absolute Gasteiger partial charge is 0.393 e. The quantitative estimate of drug-likeness (QED) is 0.777. The van der Waals surface area contributed by atoms with Crippen LogP contribution in [0.15, 0.2) is 0 Å². The van der Waals surface area contributed by atoms with Crippen LogP contribution in [0.4, 0.5) is 0 Å². The van der Waals surface area contributed by atoms with E-state index in [0.717, 1.165) is 26.1 Å². The Bertz CT molecular complexity index is 334. The second-order valence-corrected chi connectivity index (χ2v) is 5.80. The van der Waals surface area contributed by atoms with E-state index in [-0.39, 0.29) is 11.8 Å². The first-order valence-corrected chi connectivity index (χ1v) is 7.36. The van der Waals surface area contributed by atoms with E-state index in [4.69, 9.17) is 18.0 Å². The predicted molar refractivity (Wildman–Crippen MR) is 76.4 cm³/mol. The van der Waals surface area contributed by atoms with Gasteiger partial charge in [0.15, 0.2) is 0 Å². The van der Waals surface area contributed by atoms with Crippen molar-refractivity contribution in [3.05, 3.63) is 0 Å². The van der Waals surface area contributed by atoms with E-state index in [1.54, 1.807) is 0 Å². The second-order valence-electron chi connectivity index (χ2n) is 5.33. The Kier molecular flexibility index (Phi) is 4.56. The summed E-state index contributed by atoms with van der Waals surface area (Å²) in [4.78, 5) is 17.3. The van der Waals surface area contributed by atoms with Gasteiger partial charge < -0.3 is 10.6 Å². The minimum absolute atomic E-state index is 0.138. The van der Waals surface area contributed by atoms with Gasteiger partial charge in [-0.2, -0.15) is 0 Å². The highest BCUT2D eigenvalue weighted by molar-refractivity contribution is 7.80. The van der Waals surface area contributed by atoms with Crippen molar-refractivity contribution in [3.63, 3.8) is 0 Å². The molecule has 18 heavy (non-hydrogen) atoms. The van der Waals surface area contributed by atoms with Crippen LogP contribution in [-0.2, 0) is 4.79 Å². The summed E-state index contributed by atoms with van der Waals surface area (Å²) in [5.41, 5.74) is 5.67. The lowest BCUT2D eigenvalue weighted by atomic mass is 10.0. The number of amides is 1. The molecule has 2 unspecified atom stereocenters. The molecule has 102 valence electrons. The average Bonchev–Trinajstić information content (AvgIpc) is 2.66. The van der Waals surface area contributed by atoms with Gasteiger partial charge in [0.2, 0.25) is 5.91 Å². The molecule has 0 aromatic carbocycles. The maximum Gasteiger partial charge on any atom is 0.232 e. The highest BCUT2D eigenvalue weighted by atomic mass is 32.1. The number of thiocarbonyl (C=S) groups is 1. The predicted octanol–water partition coefficient (Wildman–Crippen LogP) is 0.995. The zero-order valence-electron chi connectivity index (χ0n) is 11.1. The second kappa shape index (κ2) is 5.97. The minimum Gasteiger partial charge on any atom is -0.393 e. The first-order chi connectivity index (χ1) is 8.63. The van der Waals surface area contributed by atoms with Crippen molar-refractivity contribution in [3.8, 4) is 0 Å². The molecule has 0 saturated carbocycles. The number of fused-ring (bicyclic) bond motifs is 1. The van der Waals surface area contributed by atoms with Crippen molar-refractivity contribution in [2.75, 3.05) is 26.2 Å². The molecule has 2 atom stereocenters. The van der Waals surface area contributed by atoms with Crippen molar-refractivity contribution in [1.82, 2.24) is 9.80 Å². The van der Waals surface area contributed by atoms with Gasteiger partial charge in [-0.15, -0.1) is 0 Å². The van der Waals surface area contributed by atoms with Crippen LogP contribution in [0, 0.1) is 5.92 Å². The molecule has 2 heterocycles. The molecule has 2 fully saturated rings. The number of nitrogens with two attached hydrogens (primary N) is 1. The molecule has 5 heteroatoms. The molecule has 2 saturated heterocycles. The molecule has 0 aromatic rings. The number of rotatable bonds is 3. The standard InChI is InChI=1S/C13H23N3OS/c1-2-11(12(14)18)13(17)16-8-4-7-15-6-3-5-10(15)9-16/h10-11H,2-9H2,1H3,(H2,14,18). The zero-order valence-corrected chi connectivity index (χ0v) is 11.9. The maximum atomic E-state index is 12.5. The van der Waals surface area contributed by atoms with Crippen LogP contribution in [0.25, 0.3) is 0 Å². The molecule has 0 radical (unpaired) electrons. The van der Waals surface area contributed by atoms with Gasteiger partial charge in [0.1, 0.15) is 0 Å². The van der Waals surface area contributed by atoms with Gasteiger partial charge >= 0.3 is 0 Å². The average molecular weight is 269 g/mol. The third-order valence-electron chi connectivity index (χ3n) is 4.17. The highest BCUT2D eigenvalue weighted by Gasteiger charge is 2.33. The summed E-state index contributed by atoms with van der Waals surface area (Å²) in [6.07, 6.45) is 4.25. The molecule has 0 aromatic heterocycles. The molecule has 2 N–H and O–H groups in total. The molecule has 2 aliphatic rings. The SMILES string of the molecule is CCC(C(=O)N1CCCN2CCCC2C1)C(N)=S. The Morgan fingerprint density at radius 1 is 1.39 bits per heavy atom. The molecule has 2 aliphatic heterocycles. The first-order valence-electron chi connectivity index (χ1n) is 6.95. The van der Waals surface area contributed by atoms with Gasteiger partial charge in [-0.25, -0.2) is 0 Å². The van der Waals surface area contributed by atoms with E-state index in [2.05, 4.69) is 4.90 Å². The van der Waals surface area contributed by atoms with E-state index >= 15 is 0 Å². The van der Waals surface area contributed by atoms with Gasteiger partial charge in [0, 0.05) is 25.7 Å². The Morgan fingerprint density at radius 3 is 2.78 bits per heavy atom. The van der Waals surface area contributed by atoms with E-state index in [1.165, 1.54) is 19.4 Å². The fourth-order valence-corrected chi connectivity index (χ4v) is 3.39. The molecule has 0 bridgehead atoms. The topological polar surface area (TPSA) is 49.6 Å². The molecule has 2 rings (SSSR count). The van der Waals surface area contributed by atoms with Crippen molar-refractivity contribution >= 4 is 23.1 Å². The summed E-state index contributed by atoms with van der Waals surface area (Å²) in [7, 11) is 0. The number of nitrogens with zero attached hydrogens (tertiary/aromatic N) is 2. The molecular formula is C13H23N3OS. The molecule has 0 spiro atoms. The van der Waals surface area contributed by atoms with Gasteiger partial charge in [-0.05, 0) is 32.2 Å². The fraction of sp³-hybridized carbons (Fsp3) is 0.846. The molecule has 1 amide bonds. The minimum atomic E-state index is -0.270. The van der Waals surface area contributed by atoms with Crippen molar-refractivity contribution in [1.29, 1.82) is 0 Å². The van der Waals surface area contributed by atoms with E-state index in [0.29, 0.717) is 17.5 Å². The first kappa shape index (κ1) is 13.7. The normalized spacial score (nSPS) is 26.5. The van der Waals surface area contributed by atoms with E-state index < -0.39 is 0 Å². The van der Waals surface area contributed by atoms with Crippen LogP contribution in [0.3, 0.4) is 0 Å². The fourth-order valence-electron chi connectivity index (χ4n) is 3.12. The summed E-state index contributed by atoms with van der Waals surface area (Å²) in [6.45, 7) is 6.00. The third-order valence-corrected chi connectivity index (χ3v) is 4.45. The lowest BCUT2D eigenvalue weighted by Gasteiger charge is -2.28. The van der Waals surface area contributed by atoms with Crippen LogP contribution in [-0.4, -0.2) is 52.9 Å². The lowest BCUT2D eigenvalue weighted by molar-refractivity contribution is -0.133. The lowest BCUT2D eigenvalue weighted by Crippen LogP contribution is -2.45. The third kappa shape index (κ3) is 2.83. The van der Waals surface area contributed by atoms with Gasteiger partial charge in [-0.1, -0.05) is 19.1 Å². The Morgan fingerprint density at radius 2 is 2.11 bits per heavy atom. The number of hydrogen-bond donors (Lipinski definition) is 1. The van der Waals surface area contributed by atoms with Crippen LogP contribution in [0.2, 0.25) is 0 Å². The Hall–Kier alpha value is -0.680. The van der Waals surface area contributed by atoms with E-state index in [9.17, 15) is 4.79 Å². The summed E-state index contributed by atoms with van der Waals surface area (Å²) in [5.74, 6) is -0.133. The van der Waals surface area contributed by atoms with Crippen molar-refractivity contribution in [2.24, 2.45) is 11.7 Å². The summed E-state index contributed by atoms with van der Waals surface area (Å²) < 4.78 is 0. The van der Waals surface area contributed by atoms with Crippen LogP contribution in [0.1, 0.15) is 32.6 Å². The van der Waals surface area contributed by atoms with Crippen LogP contribution >= 0.6 is 12.2 Å². The van der Waals surface area contributed by atoms with Crippen molar-refractivity contribution in [2.45, 2.75) is 38.6 Å². The molecular weight excluding hydrogens is 246 g/mol. The van der Waals surface area contributed by atoms with E-state index in [1.807, 2.05) is 11.8 Å². The number of carbonyl (C=O) groups excluding carboxylic acids is 1. The van der Waals surface area contributed by atoms with Crippen LogP contribution < -0.4 is 5.73 Å². The molecule has 0 aliphatic carbocycles.